The second-order valence-electron chi connectivity index (χ2n) is 4.69. The minimum atomic E-state index is -1.09. The molecule has 0 aromatic heterocycles. The average Bonchev–Trinajstić information content (AvgIpc) is 2.71. The first kappa shape index (κ1) is 13.1. The third-order valence-electron chi connectivity index (χ3n) is 3.47. The molecule has 0 aliphatic heterocycles. The van der Waals surface area contributed by atoms with E-state index in [1.54, 1.807) is 0 Å². The highest BCUT2D eigenvalue weighted by Crippen LogP contribution is 2.37. The SMILES string of the molecule is N#CC1(Cc2ccc([N+](=O)[O-])c(F)c2)CCCC1=O. The number of halogens is 1. The summed E-state index contributed by atoms with van der Waals surface area (Å²) in [4.78, 5) is 21.5. The van der Waals surface area contributed by atoms with E-state index in [0.29, 0.717) is 24.8 Å². The van der Waals surface area contributed by atoms with Crippen LogP contribution >= 0.6 is 0 Å². The lowest BCUT2D eigenvalue weighted by atomic mass is 9.80. The summed E-state index contributed by atoms with van der Waals surface area (Å²) in [6.45, 7) is 0. The van der Waals surface area contributed by atoms with E-state index >= 15 is 0 Å². The van der Waals surface area contributed by atoms with Gasteiger partial charge >= 0.3 is 5.69 Å². The number of nitriles is 1. The summed E-state index contributed by atoms with van der Waals surface area (Å²) in [5, 5.41) is 19.7. The third kappa shape index (κ3) is 2.32. The predicted octanol–water partition coefficient (Wildman–Crippen LogP) is 2.54. The first-order chi connectivity index (χ1) is 8.98. The van der Waals surface area contributed by atoms with E-state index in [2.05, 4.69) is 0 Å². The van der Waals surface area contributed by atoms with Crippen molar-refractivity contribution in [3.8, 4) is 6.07 Å². The van der Waals surface area contributed by atoms with Crippen LogP contribution in [0.3, 0.4) is 0 Å². The van der Waals surface area contributed by atoms with Gasteiger partial charge in [-0.15, -0.1) is 0 Å². The van der Waals surface area contributed by atoms with Gasteiger partial charge in [0.2, 0.25) is 5.82 Å². The molecule has 5 nitrogen and oxygen atoms in total. The minimum Gasteiger partial charge on any atom is -0.298 e. The smallest absolute Gasteiger partial charge is 0.298 e. The van der Waals surface area contributed by atoms with Crippen LogP contribution in [0.15, 0.2) is 18.2 Å². The summed E-state index contributed by atoms with van der Waals surface area (Å²) in [5.74, 6) is -1.07. The first-order valence-electron chi connectivity index (χ1n) is 5.86. The molecule has 1 aliphatic rings. The van der Waals surface area contributed by atoms with E-state index < -0.39 is 21.8 Å². The molecule has 1 aliphatic carbocycles. The maximum atomic E-state index is 13.5. The maximum absolute atomic E-state index is 13.5. The molecule has 2 rings (SSSR count). The lowest BCUT2D eigenvalue weighted by Gasteiger charge is -2.18. The molecule has 1 saturated carbocycles. The zero-order valence-electron chi connectivity index (χ0n) is 10.1. The topological polar surface area (TPSA) is 84.0 Å². The molecule has 0 radical (unpaired) electrons. The molecule has 19 heavy (non-hydrogen) atoms. The fraction of sp³-hybridized carbons (Fsp3) is 0.385. The standard InChI is InChI=1S/C13H11FN2O3/c14-10-6-9(3-4-11(10)16(18)19)7-13(8-15)5-1-2-12(13)17/h3-4,6H,1-2,5,7H2. The average molecular weight is 262 g/mol. The van der Waals surface area contributed by atoms with E-state index in [4.69, 9.17) is 0 Å². The lowest BCUT2D eigenvalue weighted by molar-refractivity contribution is -0.387. The van der Waals surface area contributed by atoms with Gasteiger partial charge in [-0.25, -0.2) is 0 Å². The zero-order chi connectivity index (χ0) is 14.0. The normalized spacial score (nSPS) is 22.2. The second kappa shape index (κ2) is 4.76. The molecule has 1 unspecified atom stereocenters. The van der Waals surface area contributed by atoms with Gasteiger partial charge in [0.25, 0.3) is 0 Å². The van der Waals surface area contributed by atoms with Gasteiger partial charge in [-0.3, -0.25) is 14.9 Å². The number of nitro groups is 1. The first-order valence-corrected chi connectivity index (χ1v) is 5.86. The molecule has 1 aromatic rings. The Morgan fingerprint density at radius 1 is 1.53 bits per heavy atom. The van der Waals surface area contributed by atoms with Gasteiger partial charge in [-0.2, -0.15) is 9.65 Å². The van der Waals surface area contributed by atoms with E-state index in [9.17, 15) is 24.6 Å². The van der Waals surface area contributed by atoms with Crippen LogP contribution < -0.4 is 0 Å². The number of carbonyl (C=O) groups excluding carboxylic acids is 1. The molecule has 6 heteroatoms. The molecule has 0 N–H and O–H groups in total. The van der Waals surface area contributed by atoms with E-state index in [0.717, 1.165) is 12.1 Å². The summed E-state index contributed by atoms with van der Waals surface area (Å²) >= 11 is 0. The molecule has 1 atom stereocenters. The van der Waals surface area contributed by atoms with Gasteiger partial charge in [-0.05, 0) is 30.9 Å². The van der Waals surface area contributed by atoms with Crippen LogP contribution in [0.25, 0.3) is 0 Å². The number of carbonyl (C=O) groups is 1. The van der Waals surface area contributed by atoms with Crippen LogP contribution in [0.5, 0.6) is 0 Å². The molecule has 98 valence electrons. The maximum Gasteiger partial charge on any atom is 0.304 e. The Bertz CT molecular complexity index is 594. The van der Waals surface area contributed by atoms with Gasteiger partial charge in [0.05, 0.1) is 11.0 Å². The summed E-state index contributed by atoms with van der Waals surface area (Å²) < 4.78 is 13.5. The van der Waals surface area contributed by atoms with Crippen molar-refractivity contribution in [1.82, 2.24) is 0 Å². The van der Waals surface area contributed by atoms with Crippen molar-refractivity contribution >= 4 is 11.5 Å². The molecular weight excluding hydrogens is 251 g/mol. The molecule has 1 aromatic carbocycles. The van der Waals surface area contributed by atoms with Crippen LogP contribution in [0.1, 0.15) is 24.8 Å². The largest absolute Gasteiger partial charge is 0.304 e. The monoisotopic (exact) mass is 262 g/mol. The van der Waals surface area contributed by atoms with E-state index in [-0.39, 0.29) is 12.2 Å². The Kier molecular flexibility index (Phi) is 3.30. The van der Waals surface area contributed by atoms with Crippen LogP contribution in [0.2, 0.25) is 0 Å². The van der Waals surface area contributed by atoms with Crippen molar-refractivity contribution < 1.29 is 14.1 Å². The number of nitrogens with zero attached hydrogens (tertiary/aromatic N) is 2. The summed E-state index contributed by atoms with van der Waals surface area (Å²) in [6.07, 6.45) is 1.59. The summed E-state index contributed by atoms with van der Waals surface area (Å²) in [6, 6.07) is 5.52. The van der Waals surface area contributed by atoms with Crippen LogP contribution in [0, 0.1) is 32.7 Å². The molecular formula is C13H11FN2O3. The van der Waals surface area contributed by atoms with Gasteiger partial charge in [-0.1, -0.05) is 6.07 Å². The number of Topliss-reactive ketones (excluding diaryl/α,β-unsaturated/α-hetero) is 1. The van der Waals surface area contributed by atoms with Crippen LogP contribution in [0.4, 0.5) is 10.1 Å². The molecule has 0 spiro atoms. The number of ketones is 1. The van der Waals surface area contributed by atoms with Crippen molar-refractivity contribution in [2.45, 2.75) is 25.7 Å². The van der Waals surface area contributed by atoms with Crippen molar-refractivity contribution in [2.24, 2.45) is 5.41 Å². The third-order valence-corrected chi connectivity index (χ3v) is 3.47. The van der Waals surface area contributed by atoms with Gasteiger partial charge in [0.15, 0.2) is 5.78 Å². The lowest BCUT2D eigenvalue weighted by Crippen LogP contribution is -2.26. The quantitative estimate of drug-likeness (QED) is 0.619. The Morgan fingerprint density at radius 3 is 2.74 bits per heavy atom. The minimum absolute atomic E-state index is 0.108. The van der Waals surface area contributed by atoms with Crippen molar-refractivity contribution in [3.05, 3.63) is 39.7 Å². The summed E-state index contributed by atoms with van der Waals surface area (Å²) in [5.41, 5.74) is -1.27. The van der Waals surface area contributed by atoms with Crippen molar-refractivity contribution in [1.29, 1.82) is 5.26 Å². The zero-order valence-corrected chi connectivity index (χ0v) is 10.1. The van der Waals surface area contributed by atoms with E-state index in [1.807, 2.05) is 6.07 Å². The molecule has 0 amide bonds. The Labute approximate surface area is 108 Å². The predicted molar refractivity (Wildman–Crippen MR) is 63.7 cm³/mol. The van der Waals surface area contributed by atoms with Crippen LogP contribution in [-0.2, 0) is 11.2 Å². The summed E-state index contributed by atoms with van der Waals surface area (Å²) in [7, 11) is 0. The fourth-order valence-corrected chi connectivity index (χ4v) is 2.43. The number of benzene rings is 1. The molecule has 0 saturated heterocycles. The Morgan fingerprint density at radius 2 is 2.26 bits per heavy atom. The highest BCUT2D eigenvalue weighted by molar-refractivity contribution is 5.89. The number of rotatable bonds is 3. The highest BCUT2D eigenvalue weighted by Gasteiger charge is 2.42. The van der Waals surface area contributed by atoms with Gasteiger partial charge in [0, 0.05) is 12.5 Å². The van der Waals surface area contributed by atoms with E-state index in [1.165, 1.54) is 6.07 Å². The highest BCUT2D eigenvalue weighted by atomic mass is 19.1. The molecule has 1 fully saturated rings. The van der Waals surface area contributed by atoms with Crippen LogP contribution in [-0.4, -0.2) is 10.7 Å². The number of hydrogen-bond acceptors (Lipinski definition) is 4. The second-order valence-corrected chi connectivity index (χ2v) is 4.69. The Hall–Kier alpha value is -2.29. The number of hydrogen-bond donors (Lipinski definition) is 0. The number of nitro benzene ring substituents is 1. The molecule has 0 bridgehead atoms. The fourth-order valence-electron chi connectivity index (χ4n) is 2.43. The molecule has 0 heterocycles. The van der Waals surface area contributed by atoms with Gasteiger partial charge in [0.1, 0.15) is 5.41 Å². The van der Waals surface area contributed by atoms with Gasteiger partial charge < -0.3 is 0 Å². The van der Waals surface area contributed by atoms with Crippen molar-refractivity contribution in [3.63, 3.8) is 0 Å². The van der Waals surface area contributed by atoms with Crippen molar-refractivity contribution in [2.75, 3.05) is 0 Å². The Balaban J connectivity index is 2.29.